The molecule has 0 unspecified atom stereocenters. The molecule has 0 heterocycles. The summed E-state index contributed by atoms with van der Waals surface area (Å²) in [5, 5.41) is 28.4. The molecule has 0 spiro atoms. The third kappa shape index (κ3) is 42000. The number of nitrogens with zero attached hydrogens (tertiary/aromatic N) is 2. The van der Waals surface area contributed by atoms with Crippen LogP contribution in [0.4, 0.5) is 0 Å². The van der Waals surface area contributed by atoms with E-state index in [1.165, 1.54) is 0 Å². The van der Waals surface area contributed by atoms with E-state index in [0.29, 0.717) is 0 Å². The summed E-state index contributed by atoms with van der Waals surface area (Å²) in [6.45, 7) is 0. The molecule has 0 bridgehead atoms. The maximum absolute atomic E-state index is 8.36. The van der Waals surface area contributed by atoms with Crippen molar-refractivity contribution in [3.63, 3.8) is 0 Å². The van der Waals surface area contributed by atoms with Gasteiger partial charge in [-0.15, -0.1) is 10.1 Å². The molecule has 0 saturated heterocycles. The molecular weight excluding hydrogens is 185 g/mol. The van der Waals surface area contributed by atoms with Crippen LogP contribution < -0.4 is 35.7 Å². The van der Waals surface area contributed by atoms with E-state index in [1.54, 1.807) is 0 Å². The molecule has 0 aliphatic carbocycles. The third-order valence-corrected chi connectivity index (χ3v) is 0. The van der Waals surface area contributed by atoms with Gasteiger partial charge in [0, 0.05) is 0 Å². The minimum Gasteiger partial charge on any atom is -0.356 e. The second kappa shape index (κ2) is 22.5. The fourth-order valence-electron chi connectivity index (χ4n) is 0. The number of hydrogen-bond donors (Lipinski definition) is 2. The molecule has 0 radical (unpaired) electrons. The molecule has 0 atom stereocenters. The molecule has 0 aromatic carbocycles. The monoisotopic (exact) mass is 191 g/mol. The van der Waals surface area contributed by atoms with Gasteiger partial charge in [-0.2, -0.15) is 0 Å². The van der Waals surface area contributed by atoms with Crippen molar-refractivity contribution in [2.45, 2.75) is 0 Å². The SMILES string of the molecule is N.O=[N+]([O-])O.O=[N+]([O-])[O-].[MgH2].[Na+]. The predicted molar refractivity (Wildman–Crippen MR) is 32.7 cm³/mol. The van der Waals surface area contributed by atoms with Crippen molar-refractivity contribution in [3.05, 3.63) is 25.4 Å². The summed E-state index contributed by atoms with van der Waals surface area (Å²) in [6, 6.07) is 0. The van der Waals surface area contributed by atoms with Crippen LogP contribution in [0.5, 0.6) is 0 Å². The van der Waals surface area contributed by atoms with Gasteiger partial charge in [0.25, 0.3) is 5.09 Å². The van der Waals surface area contributed by atoms with E-state index in [2.05, 4.69) is 0 Å². The molecule has 0 aromatic heterocycles. The average molecular weight is 191 g/mol. The second-order valence-electron chi connectivity index (χ2n) is 0.461. The van der Waals surface area contributed by atoms with Crippen LogP contribution in [-0.4, -0.2) is 38.4 Å². The van der Waals surface area contributed by atoms with Gasteiger partial charge < -0.3 is 26.7 Å². The Balaban J connectivity index is -0.0000000171. The van der Waals surface area contributed by atoms with Crippen LogP contribution in [0.3, 0.4) is 0 Å². The first-order chi connectivity index (χ1) is 3.46. The number of rotatable bonds is 0. The Kier molecular flexibility index (Phi) is 62.1. The Morgan fingerprint density at radius 2 is 1.09 bits per heavy atom. The van der Waals surface area contributed by atoms with Crippen LogP contribution in [0.1, 0.15) is 0 Å². The Morgan fingerprint density at radius 3 is 1.09 bits per heavy atom. The average Bonchev–Trinajstić information content (AvgIpc) is 1.25. The summed E-state index contributed by atoms with van der Waals surface area (Å²) in [6.07, 6.45) is 0. The van der Waals surface area contributed by atoms with E-state index in [4.69, 9.17) is 30.6 Å². The van der Waals surface area contributed by atoms with Crippen molar-refractivity contribution < 1.29 is 44.9 Å². The number of hydrogen-bond acceptors (Lipinski definition) is 6. The zero-order valence-corrected chi connectivity index (χ0v) is 7.09. The van der Waals surface area contributed by atoms with Gasteiger partial charge in [-0.25, -0.2) is 0 Å². The second-order valence-corrected chi connectivity index (χ2v) is 0.461. The fraction of sp³-hybridized carbons (Fsp3) is 0. The summed E-state index contributed by atoms with van der Waals surface area (Å²) in [4.78, 5) is 16.6. The smallest absolute Gasteiger partial charge is 0.356 e. The van der Waals surface area contributed by atoms with Gasteiger partial charge in [-0.05, 0) is 0 Å². The molecule has 0 amide bonds. The van der Waals surface area contributed by atoms with Gasteiger partial charge in [0.2, 0.25) is 0 Å². The van der Waals surface area contributed by atoms with Gasteiger partial charge in [-0.1, -0.05) is 0 Å². The van der Waals surface area contributed by atoms with Crippen LogP contribution in [-0.2, 0) is 0 Å². The Hall–Kier alpha value is 0.126. The first-order valence-electron chi connectivity index (χ1n) is 1.11. The van der Waals surface area contributed by atoms with Gasteiger partial charge in [-0.3, -0.25) is 0 Å². The predicted octanol–water partition coefficient (Wildman–Crippen LogP) is -4.34. The molecule has 0 aliphatic heterocycles. The summed E-state index contributed by atoms with van der Waals surface area (Å²) < 4.78 is 0. The first kappa shape index (κ1) is 30.4. The maximum atomic E-state index is 8.36. The standard InChI is InChI=1S/Mg.HNO3.NO3.H3N.Na.2H/c;2*2-1(3)4;;;;/h;(H,2,3,4);;1H3;;;/q;;-1;;+1;;. The van der Waals surface area contributed by atoms with Crippen LogP contribution in [0.25, 0.3) is 0 Å². The van der Waals surface area contributed by atoms with Crippen molar-refractivity contribution >= 4 is 23.1 Å². The molecule has 60 valence electrons. The summed E-state index contributed by atoms with van der Waals surface area (Å²) in [5.41, 5.74) is 0. The van der Waals surface area contributed by atoms with E-state index < -0.39 is 10.2 Å². The third-order valence-electron chi connectivity index (χ3n) is 0. The van der Waals surface area contributed by atoms with E-state index in [1.807, 2.05) is 0 Å². The first-order valence-corrected chi connectivity index (χ1v) is 1.11. The molecular formula is H6MgN3NaO6. The van der Waals surface area contributed by atoms with Gasteiger partial charge in [0.1, 0.15) is 0 Å². The summed E-state index contributed by atoms with van der Waals surface area (Å²) in [7, 11) is 0. The fourth-order valence-corrected chi connectivity index (χ4v) is 0. The van der Waals surface area contributed by atoms with Crippen molar-refractivity contribution in [2.75, 3.05) is 0 Å². The van der Waals surface area contributed by atoms with Gasteiger partial charge in [0.05, 0.1) is 5.09 Å². The molecule has 9 nitrogen and oxygen atoms in total. The zero-order chi connectivity index (χ0) is 7.15. The minimum absolute atomic E-state index is 0. The minimum atomic E-state index is -1.75. The van der Waals surface area contributed by atoms with Crippen LogP contribution in [0.2, 0.25) is 0 Å². The normalized spacial score (nSPS) is 4.36. The quantitative estimate of drug-likeness (QED) is 0.222. The van der Waals surface area contributed by atoms with E-state index in [9.17, 15) is 0 Å². The Morgan fingerprint density at radius 1 is 1.09 bits per heavy atom. The molecule has 11 heavy (non-hydrogen) atoms. The van der Waals surface area contributed by atoms with Crippen molar-refractivity contribution in [2.24, 2.45) is 0 Å². The molecule has 0 aliphatic rings. The summed E-state index contributed by atoms with van der Waals surface area (Å²) >= 11 is 0. The Bertz CT molecular complexity index is 75.8. The van der Waals surface area contributed by atoms with E-state index in [-0.39, 0.29) is 58.8 Å². The van der Waals surface area contributed by atoms with E-state index >= 15 is 0 Å². The molecule has 0 fully saturated rings. The zero-order valence-electron chi connectivity index (χ0n) is 5.09. The molecule has 0 rings (SSSR count). The van der Waals surface area contributed by atoms with Crippen LogP contribution >= 0.6 is 0 Å². The largest absolute Gasteiger partial charge is 1.00 e. The van der Waals surface area contributed by atoms with Crippen LogP contribution in [0.15, 0.2) is 0 Å². The van der Waals surface area contributed by atoms with Crippen molar-refractivity contribution in [3.8, 4) is 0 Å². The maximum Gasteiger partial charge on any atom is 1.00 e. The van der Waals surface area contributed by atoms with E-state index in [0.717, 1.165) is 0 Å². The molecule has 0 saturated carbocycles. The topological polar surface area (TPSA) is 165 Å². The summed E-state index contributed by atoms with van der Waals surface area (Å²) in [5.74, 6) is 0. The molecule has 4 N–H and O–H groups in total. The molecule has 0 aromatic rings. The molecule has 11 heteroatoms. The van der Waals surface area contributed by atoms with Crippen molar-refractivity contribution in [1.82, 2.24) is 6.15 Å². The van der Waals surface area contributed by atoms with Gasteiger partial charge >= 0.3 is 52.6 Å². The Labute approximate surface area is 99.0 Å². The van der Waals surface area contributed by atoms with Gasteiger partial charge in [0.15, 0.2) is 0 Å². The van der Waals surface area contributed by atoms with Crippen LogP contribution in [0, 0.1) is 25.4 Å². The van der Waals surface area contributed by atoms with Crippen molar-refractivity contribution in [1.29, 1.82) is 0 Å².